The third-order valence-corrected chi connectivity index (χ3v) is 11.7. The maximum Gasteiger partial charge on any atom is 0.416 e. The van der Waals surface area contributed by atoms with E-state index in [1.165, 1.54) is 12.1 Å². The highest BCUT2D eigenvalue weighted by molar-refractivity contribution is 8.00. The first kappa shape index (κ1) is 27.3. The molecule has 8 nitrogen and oxygen atoms in total. The molecule has 7 rings (SSSR count). The number of thioether (sulfide) groups is 1. The molecular weight excluding hydrogens is 591 g/mol. The van der Waals surface area contributed by atoms with Crippen molar-refractivity contribution in [2.45, 2.75) is 35.2 Å². The molecule has 3 N–H and O–H groups in total. The molecule has 2 aliphatic heterocycles. The number of aromatic hydroxyl groups is 1. The number of fused-ring (bicyclic) bond motifs is 9. The molecule has 13 heteroatoms. The standard InChI is InChI=1S/C29H24F3N3O5S2/c30-29(31,32)13-2-1-3-14(10-13)33-18(37)8-9-35-26(38)21-16-11-17(22(21)27(35)39)23-20(16)19(12-4-6-15(36)7-5-12)24-25(41-23)34-28(40)42-24/h1-7,10,16-17,19-23,36H,8-9,11H2,(H,33,37)(H,34,40). The molecule has 2 bridgehead atoms. The highest BCUT2D eigenvalue weighted by Gasteiger charge is 2.69. The molecule has 3 amide bonds. The molecule has 3 heterocycles. The van der Waals surface area contributed by atoms with Crippen molar-refractivity contribution in [3.05, 3.63) is 74.2 Å². The van der Waals surface area contributed by atoms with E-state index >= 15 is 0 Å². The fraction of sp³-hybridized carbons (Fsp3) is 0.379. The van der Waals surface area contributed by atoms with Gasteiger partial charge in [0.15, 0.2) is 0 Å². The number of alkyl halides is 3. The van der Waals surface area contributed by atoms with E-state index in [-0.39, 0.29) is 70.0 Å². The number of nitrogens with one attached hydrogen (secondary N) is 2. The van der Waals surface area contributed by atoms with Gasteiger partial charge in [0.05, 0.1) is 22.4 Å². The number of H-pyrrole nitrogens is 1. The van der Waals surface area contributed by atoms with Gasteiger partial charge in [-0.2, -0.15) is 13.2 Å². The van der Waals surface area contributed by atoms with Gasteiger partial charge in [-0.1, -0.05) is 29.5 Å². The van der Waals surface area contributed by atoms with Gasteiger partial charge in [-0.25, -0.2) is 0 Å². The zero-order chi connectivity index (χ0) is 29.5. The van der Waals surface area contributed by atoms with E-state index in [4.69, 9.17) is 0 Å². The molecule has 3 fully saturated rings. The van der Waals surface area contributed by atoms with E-state index in [0.29, 0.717) is 6.42 Å². The number of carbonyl (C=O) groups is 3. The normalized spacial score (nSPS) is 29.4. The first-order valence-corrected chi connectivity index (χ1v) is 15.2. The Kier molecular flexibility index (Phi) is 6.32. The number of anilines is 1. The summed E-state index contributed by atoms with van der Waals surface area (Å²) < 4.78 is 39.1. The maximum atomic E-state index is 13.7. The van der Waals surface area contributed by atoms with Crippen LogP contribution in [0.4, 0.5) is 18.9 Å². The maximum absolute atomic E-state index is 13.7. The lowest BCUT2D eigenvalue weighted by Crippen LogP contribution is -2.42. The Balaban J connectivity index is 1.11. The Morgan fingerprint density at radius 2 is 1.76 bits per heavy atom. The summed E-state index contributed by atoms with van der Waals surface area (Å²) in [5.74, 6) is -2.45. The summed E-state index contributed by atoms with van der Waals surface area (Å²) in [5.41, 5.74) is 0.0242. The van der Waals surface area contributed by atoms with Gasteiger partial charge < -0.3 is 15.4 Å². The lowest BCUT2D eigenvalue weighted by molar-refractivity contribution is -0.141. The first-order valence-electron chi connectivity index (χ1n) is 13.5. The predicted octanol–water partition coefficient (Wildman–Crippen LogP) is 4.66. The van der Waals surface area contributed by atoms with Crippen molar-refractivity contribution in [1.29, 1.82) is 0 Å². The van der Waals surface area contributed by atoms with E-state index < -0.39 is 29.5 Å². The van der Waals surface area contributed by atoms with Gasteiger partial charge in [0, 0.05) is 34.7 Å². The van der Waals surface area contributed by atoms with Crippen LogP contribution in [0.3, 0.4) is 0 Å². The van der Waals surface area contributed by atoms with Gasteiger partial charge in [-0.05, 0) is 60.1 Å². The summed E-state index contributed by atoms with van der Waals surface area (Å²) in [6, 6.07) is 11.2. The number of hydrogen-bond donors (Lipinski definition) is 3. The van der Waals surface area contributed by atoms with Crippen LogP contribution in [0.25, 0.3) is 0 Å². The highest BCUT2D eigenvalue weighted by Crippen LogP contribution is 2.68. The van der Waals surface area contributed by atoms with Gasteiger partial charge in [-0.3, -0.25) is 24.1 Å². The van der Waals surface area contributed by atoms with Crippen molar-refractivity contribution in [1.82, 2.24) is 9.88 Å². The number of halogens is 3. The number of benzene rings is 2. The third-order valence-electron chi connectivity index (χ3n) is 9.10. The molecule has 2 aromatic carbocycles. The molecule has 0 spiro atoms. The van der Waals surface area contributed by atoms with E-state index in [1.807, 2.05) is 12.1 Å². The van der Waals surface area contributed by atoms with Crippen molar-refractivity contribution in [2.75, 3.05) is 11.9 Å². The Morgan fingerprint density at radius 1 is 1.05 bits per heavy atom. The Labute approximate surface area is 245 Å². The van der Waals surface area contributed by atoms with Crippen LogP contribution in [-0.2, 0) is 20.6 Å². The number of rotatable bonds is 5. The number of thiazole rings is 1. The van der Waals surface area contributed by atoms with Crippen molar-refractivity contribution in [2.24, 2.45) is 29.6 Å². The zero-order valence-corrected chi connectivity index (χ0v) is 23.4. The second kappa shape index (κ2) is 9.73. The summed E-state index contributed by atoms with van der Waals surface area (Å²) in [7, 11) is 0. The lowest BCUT2D eigenvalue weighted by Gasteiger charge is -2.43. The van der Waals surface area contributed by atoms with Crippen LogP contribution >= 0.6 is 23.1 Å². The number of phenols is 1. The largest absolute Gasteiger partial charge is 0.508 e. The van der Waals surface area contributed by atoms with Crippen molar-refractivity contribution in [3.63, 3.8) is 0 Å². The molecule has 1 saturated heterocycles. The van der Waals surface area contributed by atoms with Crippen LogP contribution in [-0.4, -0.2) is 44.5 Å². The Hall–Kier alpha value is -3.58. The minimum atomic E-state index is -4.55. The number of hydrogen-bond acceptors (Lipinski definition) is 7. The molecule has 4 aliphatic rings. The van der Waals surface area contributed by atoms with E-state index in [1.54, 1.807) is 23.9 Å². The number of imide groups is 1. The molecule has 0 radical (unpaired) electrons. The topological polar surface area (TPSA) is 120 Å². The molecule has 218 valence electrons. The average molecular weight is 616 g/mol. The Morgan fingerprint density at radius 3 is 2.48 bits per heavy atom. The fourth-order valence-electron chi connectivity index (χ4n) is 7.56. The van der Waals surface area contributed by atoms with Crippen molar-refractivity contribution in [3.8, 4) is 5.75 Å². The van der Waals surface area contributed by atoms with Crippen LogP contribution in [0, 0.1) is 29.6 Å². The lowest BCUT2D eigenvalue weighted by atomic mass is 9.68. The van der Waals surface area contributed by atoms with Gasteiger partial charge >= 0.3 is 11.0 Å². The van der Waals surface area contributed by atoms with Gasteiger partial charge in [0.25, 0.3) is 0 Å². The molecule has 2 aliphatic carbocycles. The highest BCUT2D eigenvalue weighted by atomic mass is 32.2. The van der Waals surface area contributed by atoms with Gasteiger partial charge in [0.2, 0.25) is 17.7 Å². The molecule has 1 aromatic heterocycles. The quantitative estimate of drug-likeness (QED) is 0.359. The van der Waals surface area contributed by atoms with Crippen LogP contribution in [0.2, 0.25) is 0 Å². The number of likely N-dealkylation sites (tertiary alicyclic amines) is 1. The van der Waals surface area contributed by atoms with Crippen LogP contribution in [0.15, 0.2) is 58.4 Å². The molecular formula is C29H24F3N3O5S2. The first-order chi connectivity index (χ1) is 20.0. The molecule has 2 saturated carbocycles. The number of aromatic nitrogens is 1. The number of carbonyl (C=O) groups excluding carboxylic acids is 3. The van der Waals surface area contributed by atoms with E-state index in [2.05, 4.69) is 10.3 Å². The molecule has 42 heavy (non-hydrogen) atoms. The Bertz CT molecular complexity index is 1670. The third kappa shape index (κ3) is 4.27. The number of phenolic OH excluding ortho intramolecular Hbond substituents is 1. The van der Waals surface area contributed by atoms with E-state index in [0.717, 1.165) is 43.8 Å². The monoisotopic (exact) mass is 615 g/mol. The molecule has 7 atom stereocenters. The van der Waals surface area contributed by atoms with Gasteiger partial charge in [0.1, 0.15) is 5.75 Å². The fourth-order valence-corrected chi connectivity index (χ4v) is 10.5. The van der Waals surface area contributed by atoms with Crippen LogP contribution in [0.5, 0.6) is 5.75 Å². The van der Waals surface area contributed by atoms with Crippen molar-refractivity contribution >= 4 is 46.5 Å². The number of nitrogens with zero attached hydrogens (tertiary/aromatic N) is 1. The van der Waals surface area contributed by atoms with Crippen LogP contribution < -0.4 is 10.2 Å². The second-order valence-corrected chi connectivity index (χ2v) is 13.5. The van der Waals surface area contributed by atoms with Crippen LogP contribution in [0.1, 0.15) is 34.8 Å². The predicted molar refractivity (Wildman–Crippen MR) is 148 cm³/mol. The minimum absolute atomic E-state index is 0.00523. The summed E-state index contributed by atoms with van der Waals surface area (Å²) in [4.78, 5) is 57.0. The number of amides is 3. The zero-order valence-electron chi connectivity index (χ0n) is 21.8. The summed E-state index contributed by atoms with van der Waals surface area (Å²) in [5, 5.41) is 13.1. The second-order valence-electron chi connectivity index (χ2n) is 11.3. The summed E-state index contributed by atoms with van der Waals surface area (Å²) in [6.45, 7) is -0.153. The summed E-state index contributed by atoms with van der Waals surface area (Å²) in [6.07, 6.45) is -4.07. The smallest absolute Gasteiger partial charge is 0.416 e. The number of aromatic amines is 1. The molecule has 7 unspecified atom stereocenters. The van der Waals surface area contributed by atoms with Crippen molar-refractivity contribution < 1.29 is 32.7 Å². The minimum Gasteiger partial charge on any atom is -0.508 e. The van der Waals surface area contributed by atoms with E-state index in [9.17, 15) is 37.5 Å². The molecule has 3 aromatic rings. The summed E-state index contributed by atoms with van der Waals surface area (Å²) >= 11 is 2.72. The SMILES string of the molecule is O=C(CCN1C(=O)C2C3CC(C2C1=O)C1C(c2ccc(O)cc2)c2sc(=O)[nH]c2SC31)Nc1cccc(C(F)(F)F)c1. The van der Waals surface area contributed by atoms with Gasteiger partial charge in [-0.15, -0.1) is 11.8 Å². The average Bonchev–Trinajstić information content (AvgIpc) is 3.67.